The van der Waals surface area contributed by atoms with Crippen molar-refractivity contribution in [2.45, 2.75) is 18.9 Å². The molecule has 2 aromatic carbocycles. The lowest BCUT2D eigenvalue weighted by molar-refractivity contribution is 0.0576. The van der Waals surface area contributed by atoms with Gasteiger partial charge >= 0.3 is 0 Å². The summed E-state index contributed by atoms with van der Waals surface area (Å²) in [5.41, 5.74) is 0.967. The van der Waals surface area contributed by atoms with E-state index >= 15 is 0 Å². The molecule has 2 heteroatoms. The van der Waals surface area contributed by atoms with E-state index in [1.807, 2.05) is 61.5 Å². The van der Waals surface area contributed by atoms with Crippen molar-refractivity contribution < 1.29 is 5.11 Å². The lowest BCUT2D eigenvalue weighted by Gasteiger charge is -2.24. The highest BCUT2D eigenvalue weighted by atomic mass is 35.5. The Bertz CT molecular complexity index is 491. The highest BCUT2D eigenvalue weighted by Gasteiger charge is 2.23. The molecular formula is C15H15ClO. The zero-order chi connectivity index (χ0) is 12.3. The first-order chi connectivity index (χ1) is 8.09. The second-order valence-corrected chi connectivity index (χ2v) is 4.82. The summed E-state index contributed by atoms with van der Waals surface area (Å²) in [6.07, 6.45) is 0.511. The van der Waals surface area contributed by atoms with Gasteiger partial charge in [-0.15, -0.1) is 0 Å². The molecule has 2 aromatic rings. The Balaban J connectivity index is 2.27. The van der Waals surface area contributed by atoms with E-state index in [4.69, 9.17) is 11.6 Å². The average molecular weight is 247 g/mol. The van der Waals surface area contributed by atoms with Crippen LogP contribution in [0.5, 0.6) is 0 Å². The largest absolute Gasteiger partial charge is 0.385 e. The molecule has 0 aliphatic rings. The average Bonchev–Trinajstić information content (AvgIpc) is 2.33. The lowest BCUT2D eigenvalue weighted by atomic mass is 9.89. The van der Waals surface area contributed by atoms with Gasteiger partial charge in [0.2, 0.25) is 0 Å². The SMILES string of the molecule is C[C@@](O)(Cc1ccccc1Cl)c1ccccc1. The highest BCUT2D eigenvalue weighted by Crippen LogP contribution is 2.28. The standard InChI is InChI=1S/C15H15ClO/c1-15(17,13-8-3-2-4-9-13)11-12-7-5-6-10-14(12)16/h2-10,17H,11H2,1H3/t15-/m1/s1. The first kappa shape index (κ1) is 12.2. The smallest absolute Gasteiger partial charge is 0.0909 e. The summed E-state index contributed by atoms with van der Waals surface area (Å²) in [4.78, 5) is 0. The van der Waals surface area contributed by atoms with Gasteiger partial charge in [-0.3, -0.25) is 0 Å². The first-order valence-electron chi connectivity index (χ1n) is 5.61. The number of aliphatic hydroxyl groups is 1. The normalized spacial score (nSPS) is 14.3. The van der Waals surface area contributed by atoms with Crippen LogP contribution in [-0.2, 0) is 12.0 Å². The summed E-state index contributed by atoms with van der Waals surface area (Å²) >= 11 is 6.11. The third-order valence-electron chi connectivity index (χ3n) is 2.89. The van der Waals surface area contributed by atoms with Gasteiger partial charge in [-0.05, 0) is 24.1 Å². The molecule has 0 saturated carbocycles. The molecule has 0 amide bonds. The lowest BCUT2D eigenvalue weighted by Crippen LogP contribution is -2.24. The van der Waals surface area contributed by atoms with Gasteiger partial charge in [0.15, 0.2) is 0 Å². The minimum absolute atomic E-state index is 0.511. The molecule has 0 aliphatic carbocycles. The van der Waals surface area contributed by atoms with Crippen LogP contribution in [-0.4, -0.2) is 5.11 Å². The Morgan fingerprint density at radius 3 is 2.24 bits per heavy atom. The Labute approximate surface area is 107 Å². The van der Waals surface area contributed by atoms with Crippen molar-refractivity contribution >= 4 is 11.6 Å². The number of halogens is 1. The van der Waals surface area contributed by atoms with Crippen molar-refractivity contribution in [1.29, 1.82) is 0 Å². The van der Waals surface area contributed by atoms with E-state index in [1.54, 1.807) is 0 Å². The molecule has 88 valence electrons. The van der Waals surface area contributed by atoms with Gasteiger partial charge in [0.25, 0.3) is 0 Å². The maximum atomic E-state index is 10.5. The molecule has 0 spiro atoms. The Morgan fingerprint density at radius 1 is 1.00 bits per heavy atom. The Kier molecular flexibility index (Phi) is 3.51. The van der Waals surface area contributed by atoms with Gasteiger partial charge < -0.3 is 5.11 Å². The number of hydrogen-bond donors (Lipinski definition) is 1. The third kappa shape index (κ3) is 2.87. The molecule has 0 saturated heterocycles. The fourth-order valence-electron chi connectivity index (χ4n) is 1.91. The minimum Gasteiger partial charge on any atom is -0.385 e. The number of benzene rings is 2. The summed E-state index contributed by atoms with van der Waals surface area (Å²) in [6, 6.07) is 17.3. The van der Waals surface area contributed by atoms with Crippen LogP contribution >= 0.6 is 11.6 Å². The van der Waals surface area contributed by atoms with Crippen molar-refractivity contribution in [2.24, 2.45) is 0 Å². The van der Waals surface area contributed by atoms with Crippen molar-refractivity contribution in [3.63, 3.8) is 0 Å². The van der Waals surface area contributed by atoms with Crippen molar-refractivity contribution in [3.05, 3.63) is 70.7 Å². The molecule has 0 fully saturated rings. The van der Waals surface area contributed by atoms with E-state index in [9.17, 15) is 5.11 Å². The molecule has 0 radical (unpaired) electrons. The summed E-state index contributed by atoms with van der Waals surface area (Å²) in [6.45, 7) is 1.81. The second-order valence-electron chi connectivity index (χ2n) is 4.41. The first-order valence-corrected chi connectivity index (χ1v) is 5.99. The minimum atomic E-state index is -0.897. The molecule has 0 aliphatic heterocycles. The molecule has 0 heterocycles. The zero-order valence-corrected chi connectivity index (χ0v) is 10.5. The predicted octanol–water partition coefficient (Wildman–Crippen LogP) is 3.79. The van der Waals surface area contributed by atoms with E-state index in [1.165, 1.54) is 0 Å². The van der Waals surface area contributed by atoms with Crippen LogP contribution in [0.15, 0.2) is 54.6 Å². The van der Waals surface area contributed by atoms with Crippen LogP contribution in [0.2, 0.25) is 5.02 Å². The predicted molar refractivity (Wildman–Crippen MR) is 71.2 cm³/mol. The molecule has 1 atom stereocenters. The topological polar surface area (TPSA) is 20.2 Å². The van der Waals surface area contributed by atoms with Crippen LogP contribution in [0.25, 0.3) is 0 Å². The summed E-state index contributed by atoms with van der Waals surface area (Å²) in [5.74, 6) is 0. The van der Waals surface area contributed by atoms with Crippen molar-refractivity contribution in [3.8, 4) is 0 Å². The molecular weight excluding hydrogens is 232 g/mol. The fraction of sp³-hybridized carbons (Fsp3) is 0.200. The Morgan fingerprint density at radius 2 is 1.59 bits per heavy atom. The van der Waals surface area contributed by atoms with E-state index < -0.39 is 5.60 Å². The highest BCUT2D eigenvalue weighted by molar-refractivity contribution is 6.31. The van der Waals surface area contributed by atoms with Crippen LogP contribution in [0.1, 0.15) is 18.1 Å². The van der Waals surface area contributed by atoms with Gasteiger partial charge in [-0.1, -0.05) is 60.1 Å². The quantitative estimate of drug-likeness (QED) is 0.874. The van der Waals surface area contributed by atoms with Crippen LogP contribution in [0.4, 0.5) is 0 Å². The van der Waals surface area contributed by atoms with Crippen LogP contribution in [0.3, 0.4) is 0 Å². The van der Waals surface area contributed by atoms with Gasteiger partial charge in [0, 0.05) is 11.4 Å². The summed E-state index contributed by atoms with van der Waals surface area (Å²) in [5, 5.41) is 11.2. The molecule has 0 unspecified atom stereocenters. The summed E-state index contributed by atoms with van der Waals surface area (Å²) < 4.78 is 0. The second kappa shape index (κ2) is 4.91. The Hall–Kier alpha value is -1.31. The van der Waals surface area contributed by atoms with Gasteiger partial charge in [0.1, 0.15) is 0 Å². The fourth-order valence-corrected chi connectivity index (χ4v) is 2.11. The molecule has 2 rings (SSSR count). The summed E-state index contributed by atoms with van der Waals surface area (Å²) in [7, 11) is 0. The van der Waals surface area contributed by atoms with Crippen LogP contribution < -0.4 is 0 Å². The number of hydrogen-bond acceptors (Lipinski definition) is 1. The molecule has 17 heavy (non-hydrogen) atoms. The maximum absolute atomic E-state index is 10.5. The van der Waals surface area contributed by atoms with E-state index in [-0.39, 0.29) is 0 Å². The zero-order valence-electron chi connectivity index (χ0n) is 9.73. The maximum Gasteiger partial charge on any atom is 0.0909 e. The molecule has 1 nitrogen and oxygen atoms in total. The number of rotatable bonds is 3. The van der Waals surface area contributed by atoms with E-state index in [2.05, 4.69) is 0 Å². The monoisotopic (exact) mass is 246 g/mol. The van der Waals surface area contributed by atoms with Crippen molar-refractivity contribution in [1.82, 2.24) is 0 Å². The van der Waals surface area contributed by atoms with E-state index in [0.717, 1.165) is 11.1 Å². The van der Waals surface area contributed by atoms with Crippen LogP contribution in [0, 0.1) is 0 Å². The van der Waals surface area contributed by atoms with Crippen molar-refractivity contribution in [2.75, 3.05) is 0 Å². The van der Waals surface area contributed by atoms with Gasteiger partial charge in [-0.2, -0.15) is 0 Å². The molecule has 1 N–H and O–H groups in total. The third-order valence-corrected chi connectivity index (χ3v) is 3.26. The van der Waals surface area contributed by atoms with E-state index in [0.29, 0.717) is 11.4 Å². The molecule has 0 aromatic heterocycles. The van der Waals surface area contributed by atoms with Gasteiger partial charge in [-0.25, -0.2) is 0 Å². The van der Waals surface area contributed by atoms with Gasteiger partial charge in [0.05, 0.1) is 5.60 Å². The molecule has 0 bridgehead atoms.